The number of amides is 2. The molecule has 1 aromatic heterocycles. The molecule has 0 saturated carbocycles. The van der Waals surface area contributed by atoms with Crippen LogP contribution in [0.15, 0.2) is 67.0 Å². The fourth-order valence-electron chi connectivity index (χ4n) is 5.28. The normalized spacial score (nSPS) is 15.3. The predicted molar refractivity (Wildman–Crippen MR) is 147 cm³/mol. The number of nitrogens with zero attached hydrogens (tertiary/aromatic N) is 3. The third-order valence-corrected chi connectivity index (χ3v) is 7.63. The summed E-state index contributed by atoms with van der Waals surface area (Å²) in [6.45, 7) is 7.23. The molecule has 2 amide bonds. The fraction of sp³-hybridized carbons (Fsp3) is 0.367. The summed E-state index contributed by atoms with van der Waals surface area (Å²) in [5, 5.41) is 0. The van der Waals surface area contributed by atoms with Crippen LogP contribution in [0.25, 0.3) is 0 Å². The summed E-state index contributed by atoms with van der Waals surface area (Å²) >= 11 is 0. The number of rotatable bonds is 10. The van der Waals surface area contributed by atoms with Gasteiger partial charge in [0.1, 0.15) is 0 Å². The second-order valence-electron chi connectivity index (χ2n) is 10.0. The molecule has 1 fully saturated rings. The number of hydrogen-bond acceptors (Lipinski definition) is 5. The molecular weight excluding hydrogens is 462 g/mol. The molecule has 0 spiro atoms. The summed E-state index contributed by atoms with van der Waals surface area (Å²) in [7, 11) is 0. The van der Waals surface area contributed by atoms with E-state index in [1.165, 1.54) is 16.8 Å². The monoisotopic (exact) mass is 499 g/mol. The lowest BCUT2D eigenvalue weighted by atomic mass is 9.95. The molecule has 1 saturated heterocycles. The van der Waals surface area contributed by atoms with Gasteiger partial charge in [-0.15, -0.1) is 0 Å². The Morgan fingerprint density at radius 2 is 1.76 bits per heavy atom. The first kappa shape index (κ1) is 26.4. The molecule has 194 valence electrons. The summed E-state index contributed by atoms with van der Waals surface area (Å²) < 4.78 is 0. The molecule has 2 heterocycles. The van der Waals surface area contributed by atoms with Crippen molar-refractivity contribution < 1.29 is 9.59 Å². The zero-order valence-electron chi connectivity index (χ0n) is 21.8. The van der Waals surface area contributed by atoms with E-state index in [4.69, 9.17) is 11.5 Å². The average Bonchev–Trinajstić information content (AvgIpc) is 2.91. The number of anilines is 1. The highest BCUT2D eigenvalue weighted by Gasteiger charge is 2.27. The van der Waals surface area contributed by atoms with Crippen LogP contribution < -0.4 is 16.4 Å². The Balaban J connectivity index is 1.40. The summed E-state index contributed by atoms with van der Waals surface area (Å²) in [5.74, 6) is -0.985. The van der Waals surface area contributed by atoms with E-state index in [2.05, 4.69) is 65.0 Å². The lowest BCUT2D eigenvalue weighted by molar-refractivity contribution is 0.0987. The lowest BCUT2D eigenvalue weighted by Crippen LogP contribution is -2.47. The first-order valence-corrected chi connectivity index (χ1v) is 13.0. The average molecular weight is 500 g/mol. The number of piperidine rings is 1. The maximum atomic E-state index is 11.9. The van der Waals surface area contributed by atoms with Crippen molar-refractivity contribution in [3.63, 3.8) is 0 Å². The van der Waals surface area contributed by atoms with E-state index in [-0.39, 0.29) is 0 Å². The molecule has 0 bridgehead atoms. The van der Waals surface area contributed by atoms with Crippen LogP contribution in [0.2, 0.25) is 0 Å². The first-order valence-electron chi connectivity index (χ1n) is 13.0. The zero-order chi connectivity index (χ0) is 26.4. The van der Waals surface area contributed by atoms with Crippen LogP contribution in [0.5, 0.6) is 0 Å². The van der Waals surface area contributed by atoms with Gasteiger partial charge in [0.05, 0.1) is 0 Å². The fourth-order valence-corrected chi connectivity index (χ4v) is 5.28. The largest absolute Gasteiger partial charge is 0.366 e. The highest BCUT2D eigenvalue weighted by molar-refractivity contribution is 5.97. The van der Waals surface area contributed by atoms with Crippen molar-refractivity contribution in [2.45, 2.75) is 58.2 Å². The summed E-state index contributed by atoms with van der Waals surface area (Å²) in [4.78, 5) is 33.0. The third kappa shape index (κ3) is 6.54. The Hall–Kier alpha value is -3.71. The Bertz CT molecular complexity index is 1220. The van der Waals surface area contributed by atoms with Crippen LogP contribution in [0.3, 0.4) is 0 Å². The van der Waals surface area contributed by atoms with E-state index in [1.807, 2.05) is 12.4 Å². The third-order valence-electron chi connectivity index (χ3n) is 7.63. The van der Waals surface area contributed by atoms with Gasteiger partial charge in [-0.1, -0.05) is 18.2 Å². The molecule has 37 heavy (non-hydrogen) atoms. The highest BCUT2D eigenvalue weighted by atomic mass is 16.1. The molecule has 1 aliphatic heterocycles. The van der Waals surface area contributed by atoms with E-state index < -0.39 is 11.8 Å². The number of carbonyl (C=O) groups is 2. The molecule has 7 heteroatoms. The second-order valence-corrected chi connectivity index (χ2v) is 10.0. The number of hydrogen-bond donors (Lipinski definition) is 2. The summed E-state index contributed by atoms with van der Waals surface area (Å²) in [6, 6.07) is 18.4. The van der Waals surface area contributed by atoms with Gasteiger partial charge in [-0.25, -0.2) is 0 Å². The molecule has 3 aromatic rings. The molecule has 0 radical (unpaired) electrons. The highest BCUT2D eigenvalue weighted by Crippen LogP contribution is 2.28. The molecule has 1 aliphatic rings. The van der Waals surface area contributed by atoms with Crippen LogP contribution in [-0.4, -0.2) is 46.9 Å². The molecule has 2 aromatic carbocycles. The standard InChI is InChI=1S/C30H37N5O2/c1-21-12-15-33-19-25(21)20-35(26-6-4-3-5-7-26)27-13-16-34(17-14-27)22(2)8-9-23-18-24(29(31)36)10-11-28(23)30(32)37/h3-7,10-12,15,18-19,22,27H,8-9,13-14,16-17,20H2,1-2H3,(H2,31,36)(H2,32,37)/t22-/m1/s1. The number of nitrogens with two attached hydrogens (primary N) is 2. The van der Waals surface area contributed by atoms with Crippen molar-refractivity contribution in [3.05, 3.63) is 94.8 Å². The van der Waals surface area contributed by atoms with E-state index in [1.54, 1.807) is 18.2 Å². The Morgan fingerprint density at radius 3 is 2.41 bits per heavy atom. The molecule has 1 atom stereocenters. The summed E-state index contributed by atoms with van der Waals surface area (Å²) in [6.07, 6.45) is 7.50. The number of aryl methyl sites for hydroxylation is 2. The van der Waals surface area contributed by atoms with Crippen molar-refractivity contribution in [1.82, 2.24) is 9.88 Å². The maximum Gasteiger partial charge on any atom is 0.248 e. The number of pyridine rings is 1. The Kier molecular flexibility index (Phi) is 8.56. The summed E-state index contributed by atoms with van der Waals surface area (Å²) in [5.41, 5.74) is 16.4. The molecule has 4 rings (SSSR count). The minimum Gasteiger partial charge on any atom is -0.366 e. The van der Waals surface area contributed by atoms with Crippen LogP contribution >= 0.6 is 0 Å². The number of primary amides is 2. The van der Waals surface area contributed by atoms with Gasteiger partial charge in [0, 0.05) is 60.9 Å². The minimum absolute atomic E-state index is 0.338. The molecule has 0 unspecified atom stereocenters. The Labute approximate surface area is 219 Å². The van der Waals surface area contributed by atoms with Crippen molar-refractivity contribution >= 4 is 17.5 Å². The van der Waals surface area contributed by atoms with E-state index in [9.17, 15) is 9.59 Å². The number of likely N-dealkylation sites (tertiary alicyclic amines) is 1. The quantitative estimate of drug-likeness (QED) is 0.437. The molecule has 4 N–H and O–H groups in total. The lowest BCUT2D eigenvalue weighted by Gasteiger charge is -2.42. The van der Waals surface area contributed by atoms with E-state index in [0.717, 1.165) is 44.5 Å². The number of benzene rings is 2. The van der Waals surface area contributed by atoms with Crippen LogP contribution in [-0.2, 0) is 13.0 Å². The van der Waals surface area contributed by atoms with Crippen molar-refractivity contribution in [2.75, 3.05) is 18.0 Å². The van der Waals surface area contributed by atoms with Gasteiger partial charge >= 0.3 is 0 Å². The number of aromatic nitrogens is 1. The van der Waals surface area contributed by atoms with Gasteiger partial charge in [-0.3, -0.25) is 14.6 Å². The second kappa shape index (κ2) is 12.0. The van der Waals surface area contributed by atoms with Gasteiger partial charge in [0.15, 0.2) is 0 Å². The van der Waals surface area contributed by atoms with Crippen molar-refractivity contribution in [1.29, 1.82) is 0 Å². The SMILES string of the molecule is Cc1ccncc1CN(c1ccccc1)C1CCN([C@H](C)CCc2cc(C(N)=O)ccc2C(N)=O)CC1. The molecule has 0 aliphatic carbocycles. The van der Waals surface area contributed by atoms with Gasteiger partial charge < -0.3 is 21.3 Å². The minimum atomic E-state index is -0.503. The number of para-hydroxylation sites is 1. The van der Waals surface area contributed by atoms with E-state index >= 15 is 0 Å². The molecule has 7 nitrogen and oxygen atoms in total. The van der Waals surface area contributed by atoms with Crippen LogP contribution in [0.1, 0.15) is 63.6 Å². The van der Waals surface area contributed by atoms with Gasteiger partial charge in [-0.05, 0) is 92.6 Å². The van der Waals surface area contributed by atoms with Gasteiger partial charge in [0.25, 0.3) is 0 Å². The van der Waals surface area contributed by atoms with Crippen LogP contribution in [0.4, 0.5) is 5.69 Å². The van der Waals surface area contributed by atoms with Gasteiger partial charge in [-0.2, -0.15) is 0 Å². The Morgan fingerprint density at radius 1 is 1.03 bits per heavy atom. The van der Waals surface area contributed by atoms with Crippen molar-refractivity contribution in [2.24, 2.45) is 11.5 Å². The van der Waals surface area contributed by atoms with E-state index in [0.29, 0.717) is 29.6 Å². The van der Waals surface area contributed by atoms with Crippen molar-refractivity contribution in [3.8, 4) is 0 Å². The maximum absolute atomic E-state index is 11.9. The first-order chi connectivity index (χ1) is 17.8. The molecular formula is C30H37N5O2. The predicted octanol–water partition coefficient (Wildman–Crippen LogP) is 4.08. The smallest absolute Gasteiger partial charge is 0.248 e. The van der Waals surface area contributed by atoms with Gasteiger partial charge in [0.2, 0.25) is 11.8 Å². The number of carbonyl (C=O) groups excluding carboxylic acids is 2. The van der Waals surface area contributed by atoms with Crippen LogP contribution in [0, 0.1) is 6.92 Å². The topological polar surface area (TPSA) is 106 Å². The zero-order valence-corrected chi connectivity index (χ0v) is 21.8.